The Morgan fingerprint density at radius 1 is 1.19 bits per heavy atom. The first-order valence-electron chi connectivity index (χ1n) is 9.91. The van der Waals surface area contributed by atoms with Gasteiger partial charge in [-0.2, -0.15) is 0 Å². The number of aromatic nitrogens is 3. The molecule has 5 rings (SSSR count). The molecule has 0 N–H and O–H groups in total. The number of pyridine rings is 1. The maximum absolute atomic E-state index is 6.28. The fraction of sp³-hybridized carbons (Fsp3) is 0.571. The van der Waals surface area contributed by atoms with Crippen LogP contribution >= 0.6 is 0 Å². The molecule has 2 aliphatic heterocycles. The molecule has 0 unspecified atom stereocenters. The van der Waals surface area contributed by atoms with Gasteiger partial charge < -0.3 is 14.1 Å². The zero-order valence-electron chi connectivity index (χ0n) is 16.5. The number of ether oxygens (including phenoxy) is 1. The predicted octanol–water partition coefficient (Wildman–Crippen LogP) is 4.31. The molecular weight excluding hydrogens is 340 g/mol. The highest BCUT2D eigenvalue weighted by Gasteiger charge is 2.32. The molecule has 2 aliphatic rings. The predicted molar refractivity (Wildman–Crippen MR) is 105 cm³/mol. The van der Waals surface area contributed by atoms with E-state index in [-0.39, 0.29) is 5.60 Å². The van der Waals surface area contributed by atoms with Gasteiger partial charge in [-0.15, -0.1) is 0 Å². The van der Waals surface area contributed by atoms with Gasteiger partial charge in [-0.05, 0) is 52.5 Å². The van der Waals surface area contributed by atoms with Gasteiger partial charge in [0.1, 0.15) is 11.8 Å². The minimum Gasteiger partial charge on any atom is -0.432 e. The normalized spacial score (nSPS) is 22.4. The van der Waals surface area contributed by atoms with E-state index in [2.05, 4.69) is 35.6 Å². The fourth-order valence-electron chi connectivity index (χ4n) is 4.57. The molecule has 1 saturated heterocycles. The van der Waals surface area contributed by atoms with E-state index < -0.39 is 0 Å². The number of aryl methyl sites for hydroxylation is 1. The van der Waals surface area contributed by atoms with Gasteiger partial charge in [0, 0.05) is 30.3 Å². The summed E-state index contributed by atoms with van der Waals surface area (Å²) < 4.78 is 12.3. The van der Waals surface area contributed by atoms with Crippen LogP contribution in [0.25, 0.3) is 22.2 Å². The molecule has 27 heavy (non-hydrogen) atoms. The number of hydrogen-bond acceptors (Lipinski definition) is 6. The summed E-state index contributed by atoms with van der Waals surface area (Å²) in [7, 11) is 0. The average Bonchev–Trinajstić information content (AvgIpc) is 2.99. The Hall–Kier alpha value is -2.21. The van der Waals surface area contributed by atoms with Crippen LogP contribution in [-0.4, -0.2) is 33.1 Å². The second-order valence-corrected chi connectivity index (χ2v) is 8.57. The number of furan rings is 1. The number of nitrogens with zero attached hydrogens (tertiary/aromatic N) is 4. The number of piperidine rings is 1. The molecule has 6 heteroatoms. The van der Waals surface area contributed by atoms with E-state index in [1.165, 1.54) is 30.4 Å². The van der Waals surface area contributed by atoms with Crippen LogP contribution in [0.1, 0.15) is 56.9 Å². The molecule has 3 aromatic heterocycles. The van der Waals surface area contributed by atoms with Gasteiger partial charge in [-0.3, -0.25) is 0 Å². The summed E-state index contributed by atoms with van der Waals surface area (Å²) in [5.74, 6) is 0.905. The molecule has 0 aromatic carbocycles. The van der Waals surface area contributed by atoms with Crippen molar-refractivity contribution in [2.45, 2.75) is 71.6 Å². The molecule has 0 radical (unpaired) electrons. The van der Waals surface area contributed by atoms with Gasteiger partial charge in [0.15, 0.2) is 11.4 Å². The Morgan fingerprint density at radius 3 is 2.85 bits per heavy atom. The van der Waals surface area contributed by atoms with Crippen LogP contribution in [0.2, 0.25) is 0 Å². The van der Waals surface area contributed by atoms with E-state index in [4.69, 9.17) is 14.1 Å². The van der Waals surface area contributed by atoms with E-state index >= 15 is 0 Å². The van der Waals surface area contributed by atoms with Crippen LogP contribution in [0, 0.1) is 6.92 Å². The Morgan fingerprint density at radius 2 is 2.04 bits per heavy atom. The molecule has 0 amide bonds. The Kier molecular flexibility index (Phi) is 3.69. The summed E-state index contributed by atoms with van der Waals surface area (Å²) in [6.07, 6.45) is 6.15. The number of hydrogen-bond donors (Lipinski definition) is 0. The fourth-order valence-corrected chi connectivity index (χ4v) is 4.57. The van der Waals surface area contributed by atoms with Crippen LogP contribution in [-0.2, 0) is 17.8 Å². The molecule has 142 valence electrons. The number of anilines is 1. The van der Waals surface area contributed by atoms with E-state index in [0.717, 1.165) is 41.0 Å². The van der Waals surface area contributed by atoms with Crippen molar-refractivity contribution < 1.29 is 9.15 Å². The van der Waals surface area contributed by atoms with Crippen LogP contribution in [0.15, 0.2) is 10.7 Å². The molecule has 1 fully saturated rings. The SMILES string of the molecule is Cc1nc2oc3c(N4CCCC[C@H]4C)ncnc3c2c2c1COC(C)(C)C2. The van der Waals surface area contributed by atoms with Crippen molar-refractivity contribution in [3.05, 3.63) is 23.1 Å². The van der Waals surface area contributed by atoms with Gasteiger partial charge in [0.2, 0.25) is 5.71 Å². The maximum Gasteiger partial charge on any atom is 0.229 e. The lowest BCUT2D eigenvalue weighted by Crippen LogP contribution is -2.38. The van der Waals surface area contributed by atoms with Crippen molar-refractivity contribution in [2.24, 2.45) is 0 Å². The van der Waals surface area contributed by atoms with Gasteiger partial charge in [0.05, 0.1) is 17.6 Å². The summed E-state index contributed by atoms with van der Waals surface area (Å²) in [6.45, 7) is 10.2. The third kappa shape index (κ3) is 2.61. The van der Waals surface area contributed by atoms with Gasteiger partial charge in [0.25, 0.3) is 0 Å². The average molecular weight is 366 g/mol. The molecular formula is C21H26N4O2. The minimum atomic E-state index is -0.200. The highest BCUT2D eigenvalue weighted by Crippen LogP contribution is 2.40. The third-order valence-electron chi connectivity index (χ3n) is 6.09. The van der Waals surface area contributed by atoms with E-state index in [9.17, 15) is 0 Å². The lowest BCUT2D eigenvalue weighted by molar-refractivity contribution is -0.0400. The van der Waals surface area contributed by atoms with Crippen molar-refractivity contribution in [3.8, 4) is 0 Å². The maximum atomic E-state index is 6.28. The molecule has 0 spiro atoms. The molecule has 1 atom stereocenters. The summed E-state index contributed by atoms with van der Waals surface area (Å²) in [5.41, 5.74) is 5.55. The molecule has 6 nitrogen and oxygen atoms in total. The Labute approximate surface area is 158 Å². The first kappa shape index (κ1) is 16.9. The van der Waals surface area contributed by atoms with Crippen molar-refractivity contribution in [3.63, 3.8) is 0 Å². The molecule has 3 aromatic rings. The van der Waals surface area contributed by atoms with Crippen molar-refractivity contribution in [1.82, 2.24) is 15.0 Å². The monoisotopic (exact) mass is 366 g/mol. The standard InChI is InChI=1S/C21H26N4O2/c1-12-7-5-6-8-25(12)19-18-17(22-11-23-19)16-14-9-21(3,4)26-10-15(14)13(2)24-20(16)27-18/h11-12H,5-10H2,1-4H3/t12-/m1/s1. The first-order chi connectivity index (χ1) is 12.9. The number of fused-ring (bicyclic) bond motifs is 5. The lowest BCUT2D eigenvalue weighted by Gasteiger charge is -2.34. The quantitative estimate of drug-likeness (QED) is 0.639. The van der Waals surface area contributed by atoms with Crippen LogP contribution < -0.4 is 4.90 Å². The zero-order chi connectivity index (χ0) is 18.8. The highest BCUT2D eigenvalue weighted by atomic mass is 16.5. The van der Waals surface area contributed by atoms with Crippen LogP contribution in [0.5, 0.6) is 0 Å². The lowest BCUT2D eigenvalue weighted by atomic mass is 9.89. The zero-order valence-corrected chi connectivity index (χ0v) is 16.5. The highest BCUT2D eigenvalue weighted by molar-refractivity contribution is 6.06. The van der Waals surface area contributed by atoms with Gasteiger partial charge >= 0.3 is 0 Å². The molecule has 5 heterocycles. The largest absolute Gasteiger partial charge is 0.432 e. The summed E-state index contributed by atoms with van der Waals surface area (Å²) in [6, 6.07) is 0.459. The van der Waals surface area contributed by atoms with Gasteiger partial charge in [-0.25, -0.2) is 15.0 Å². The Bertz CT molecular complexity index is 1040. The van der Waals surface area contributed by atoms with Crippen molar-refractivity contribution in [1.29, 1.82) is 0 Å². The van der Waals surface area contributed by atoms with Crippen LogP contribution in [0.3, 0.4) is 0 Å². The summed E-state index contributed by atoms with van der Waals surface area (Å²) in [4.78, 5) is 16.3. The number of rotatable bonds is 1. The summed E-state index contributed by atoms with van der Waals surface area (Å²) in [5, 5.41) is 1.04. The topological polar surface area (TPSA) is 64.3 Å². The van der Waals surface area contributed by atoms with Crippen molar-refractivity contribution in [2.75, 3.05) is 11.4 Å². The first-order valence-corrected chi connectivity index (χ1v) is 9.91. The molecule has 0 bridgehead atoms. The van der Waals surface area contributed by atoms with Gasteiger partial charge in [-0.1, -0.05) is 0 Å². The second kappa shape index (κ2) is 5.89. The summed E-state index contributed by atoms with van der Waals surface area (Å²) >= 11 is 0. The van der Waals surface area contributed by atoms with Crippen molar-refractivity contribution >= 4 is 28.0 Å². The molecule has 0 saturated carbocycles. The van der Waals surface area contributed by atoms with E-state index in [1.54, 1.807) is 6.33 Å². The third-order valence-corrected chi connectivity index (χ3v) is 6.09. The smallest absolute Gasteiger partial charge is 0.229 e. The van der Waals surface area contributed by atoms with Crippen LogP contribution in [0.4, 0.5) is 5.82 Å². The van der Waals surface area contributed by atoms with E-state index in [0.29, 0.717) is 18.4 Å². The Balaban J connectivity index is 1.78. The minimum absolute atomic E-state index is 0.200. The molecule has 0 aliphatic carbocycles. The van der Waals surface area contributed by atoms with E-state index in [1.807, 2.05) is 6.92 Å². The second-order valence-electron chi connectivity index (χ2n) is 8.57.